The molecule has 0 atom stereocenters. The monoisotopic (exact) mass is 199 g/mol. The standard InChI is InChI=1S/C7H9N3O2S/c1-4(11)6(10-12-2)5-3-13-7(8)9-5/h3H,1-2H3,(H2,8,9)/b10-6-. The van der Waals surface area contributed by atoms with E-state index in [1.165, 1.54) is 25.4 Å². The van der Waals surface area contributed by atoms with Gasteiger partial charge in [0.2, 0.25) is 0 Å². The quantitative estimate of drug-likeness (QED) is 0.573. The molecular weight excluding hydrogens is 190 g/mol. The van der Waals surface area contributed by atoms with Gasteiger partial charge in [0.05, 0.1) is 0 Å². The number of ketones is 1. The molecule has 0 fully saturated rings. The van der Waals surface area contributed by atoms with Crippen LogP contribution >= 0.6 is 11.3 Å². The van der Waals surface area contributed by atoms with Gasteiger partial charge in [0, 0.05) is 12.3 Å². The molecule has 1 aromatic heterocycles. The molecule has 1 rings (SSSR count). The molecule has 6 heteroatoms. The number of nitrogens with zero attached hydrogens (tertiary/aromatic N) is 2. The van der Waals surface area contributed by atoms with Crippen LogP contribution in [0.2, 0.25) is 0 Å². The summed E-state index contributed by atoms with van der Waals surface area (Å²) >= 11 is 1.25. The Hall–Kier alpha value is -1.43. The van der Waals surface area contributed by atoms with Gasteiger partial charge in [-0.2, -0.15) is 0 Å². The average molecular weight is 199 g/mol. The second kappa shape index (κ2) is 3.99. The lowest BCUT2D eigenvalue weighted by atomic mass is 10.2. The number of aromatic nitrogens is 1. The van der Waals surface area contributed by atoms with Gasteiger partial charge in [-0.25, -0.2) is 4.98 Å². The van der Waals surface area contributed by atoms with E-state index in [1.807, 2.05) is 0 Å². The third-order valence-corrected chi connectivity index (χ3v) is 1.95. The lowest BCUT2D eigenvalue weighted by Crippen LogP contribution is -2.12. The van der Waals surface area contributed by atoms with Crippen LogP contribution in [0.15, 0.2) is 10.5 Å². The molecule has 0 spiro atoms. The molecule has 0 unspecified atom stereocenters. The SMILES string of the molecule is CO/N=C(/C(C)=O)c1csc(N)n1. The third kappa shape index (κ3) is 2.25. The number of anilines is 1. The van der Waals surface area contributed by atoms with Crippen molar-refractivity contribution in [1.82, 2.24) is 4.98 Å². The van der Waals surface area contributed by atoms with Crippen molar-refractivity contribution in [3.05, 3.63) is 11.1 Å². The summed E-state index contributed by atoms with van der Waals surface area (Å²) in [5.74, 6) is -0.202. The lowest BCUT2D eigenvalue weighted by Gasteiger charge is -1.95. The minimum absolute atomic E-state index is 0.190. The first kappa shape index (κ1) is 9.66. The summed E-state index contributed by atoms with van der Waals surface area (Å²) < 4.78 is 0. The summed E-state index contributed by atoms with van der Waals surface area (Å²) in [6, 6.07) is 0. The highest BCUT2D eigenvalue weighted by Crippen LogP contribution is 2.12. The van der Waals surface area contributed by atoms with E-state index >= 15 is 0 Å². The van der Waals surface area contributed by atoms with E-state index in [9.17, 15) is 4.79 Å². The number of oxime groups is 1. The summed E-state index contributed by atoms with van der Waals surface area (Å²) in [4.78, 5) is 19.5. The largest absolute Gasteiger partial charge is 0.398 e. The zero-order valence-corrected chi connectivity index (χ0v) is 8.09. The zero-order valence-electron chi connectivity index (χ0n) is 7.27. The molecular formula is C7H9N3O2S. The first-order chi connectivity index (χ1) is 6.15. The maximum Gasteiger partial charge on any atom is 0.183 e. The van der Waals surface area contributed by atoms with Crippen LogP contribution in [0.3, 0.4) is 0 Å². The molecule has 0 aliphatic carbocycles. The number of rotatable bonds is 3. The van der Waals surface area contributed by atoms with Crippen LogP contribution in [0.25, 0.3) is 0 Å². The Morgan fingerprint density at radius 1 is 1.77 bits per heavy atom. The van der Waals surface area contributed by atoms with E-state index < -0.39 is 0 Å². The fraction of sp³-hybridized carbons (Fsp3) is 0.286. The minimum atomic E-state index is -0.202. The van der Waals surface area contributed by atoms with Crippen LogP contribution in [0.5, 0.6) is 0 Å². The van der Waals surface area contributed by atoms with E-state index in [0.717, 1.165) is 0 Å². The van der Waals surface area contributed by atoms with Gasteiger partial charge in [-0.1, -0.05) is 5.16 Å². The number of carbonyl (C=O) groups excluding carboxylic acids is 1. The Labute approximate surface area is 79.2 Å². The predicted octanol–water partition coefficient (Wildman–Crippen LogP) is 0.665. The van der Waals surface area contributed by atoms with Gasteiger partial charge in [0.1, 0.15) is 12.8 Å². The molecule has 5 nitrogen and oxygen atoms in total. The minimum Gasteiger partial charge on any atom is -0.398 e. The zero-order chi connectivity index (χ0) is 9.84. The van der Waals surface area contributed by atoms with E-state index in [4.69, 9.17) is 5.73 Å². The van der Waals surface area contributed by atoms with Crippen LogP contribution in [-0.2, 0) is 9.63 Å². The number of nitrogens with two attached hydrogens (primary N) is 1. The Balaban J connectivity index is 3.02. The average Bonchev–Trinajstić information content (AvgIpc) is 2.46. The van der Waals surface area contributed by atoms with Crippen molar-refractivity contribution in [2.75, 3.05) is 12.8 Å². The molecule has 13 heavy (non-hydrogen) atoms. The van der Waals surface area contributed by atoms with Crippen molar-refractivity contribution in [3.63, 3.8) is 0 Å². The normalized spacial score (nSPS) is 11.4. The van der Waals surface area contributed by atoms with Crippen molar-refractivity contribution >= 4 is 28.0 Å². The Morgan fingerprint density at radius 2 is 2.46 bits per heavy atom. The van der Waals surface area contributed by atoms with E-state index in [2.05, 4.69) is 15.0 Å². The van der Waals surface area contributed by atoms with Crippen LogP contribution < -0.4 is 5.73 Å². The van der Waals surface area contributed by atoms with Gasteiger partial charge in [-0.05, 0) is 0 Å². The van der Waals surface area contributed by atoms with Gasteiger partial charge in [0.15, 0.2) is 16.6 Å². The molecule has 0 radical (unpaired) electrons. The number of carbonyl (C=O) groups is 1. The van der Waals surface area contributed by atoms with Crippen molar-refractivity contribution in [2.24, 2.45) is 5.16 Å². The molecule has 1 heterocycles. The highest BCUT2D eigenvalue weighted by molar-refractivity contribution is 7.13. The Kier molecular flexibility index (Phi) is 2.97. The molecule has 2 N–H and O–H groups in total. The smallest absolute Gasteiger partial charge is 0.183 e. The van der Waals surface area contributed by atoms with E-state index in [-0.39, 0.29) is 11.5 Å². The Bertz CT molecular complexity index is 345. The summed E-state index contributed by atoms with van der Waals surface area (Å²) in [6.07, 6.45) is 0. The number of Topliss-reactive ketones (excluding diaryl/α,β-unsaturated/α-hetero) is 1. The molecule has 0 aromatic carbocycles. The number of hydrogen-bond donors (Lipinski definition) is 1. The second-order valence-electron chi connectivity index (χ2n) is 2.25. The number of hydrogen-bond acceptors (Lipinski definition) is 6. The fourth-order valence-electron chi connectivity index (χ4n) is 0.779. The van der Waals surface area contributed by atoms with Gasteiger partial charge >= 0.3 is 0 Å². The topological polar surface area (TPSA) is 77.6 Å². The number of nitrogen functional groups attached to an aromatic ring is 1. The van der Waals surface area contributed by atoms with Gasteiger partial charge in [0.25, 0.3) is 0 Å². The van der Waals surface area contributed by atoms with Crippen molar-refractivity contribution in [1.29, 1.82) is 0 Å². The van der Waals surface area contributed by atoms with Crippen LogP contribution in [0, 0.1) is 0 Å². The van der Waals surface area contributed by atoms with Gasteiger partial charge in [-0.15, -0.1) is 11.3 Å². The molecule has 0 bridgehead atoms. The van der Waals surface area contributed by atoms with Gasteiger partial charge < -0.3 is 10.6 Å². The van der Waals surface area contributed by atoms with E-state index in [0.29, 0.717) is 10.8 Å². The summed E-state index contributed by atoms with van der Waals surface area (Å²) in [5.41, 5.74) is 6.06. The highest BCUT2D eigenvalue weighted by Gasteiger charge is 2.13. The van der Waals surface area contributed by atoms with Crippen molar-refractivity contribution in [2.45, 2.75) is 6.92 Å². The molecule has 1 aromatic rings. The maximum absolute atomic E-state index is 11.1. The van der Waals surface area contributed by atoms with Crippen molar-refractivity contribution in [3.8, 4) is 0 Å². The number of thiazole rings is 1. The first-order valence-electron chi connectivity index (χ1n) is 3.48. The second-order valence-corrected chi connectivity index (χ2v) is 3.14. The Morgan fingerprint density at radius 3 is 2.85 bits per heavy atom. The fourth-order valence-corrected chi connectivity index (χ4v) is 1.33. The van der Waals surface area contributed by atoms with Crippen molar-refractivity contribution < 1.29 is 9.63 Å². The molecule has 0 amide bonds. The maximum atomic E-state index is 11.1. The highest BCUT2D eigenvalue weighted by atomic mass is 32.1. The molecule has 0 saturated carbocycles. The van der Waals surface area contributed by atoms with Crippen LogP contribution in [0.1, 0.15) is 12.6 Å². The third-order valence-electron chi connectivity index (χ3n) is 1.28. The molecule has 70 valence electrons. The summed E-state index contributed by atoms with van der Waals surface area (Å²) in [6.45, 7) is 1.40. The molecule has 0 aliphatic rings. The van der Waals surface area contributed by atoms with Gasteiger partial charge in [-0.3, -0.25) is 4.79 Å². The molecule has 0 saturated heterocycles. The van der Waals surface area contributed by atoms with Crippen LogP contribution in [0.4, 0.5) is 5.13 Å². The predicted molar refractivity (Wildman–Crippen MR) is 50.8 cm³/mol. The van der Waals surface area contributed by atoms with E-state index in [1.54, 1.807) is 5.38 Å². The lowest BCUT2D eigenvalue weighted by molar-refractivity contribution is -0.111. The summed E-state index contributed by atoms with van der Waals surface area (Å²) in [5, 5.41) is 5.63. The molecule has 0 aliphatic heterocycles. The summed E-state index contributed by atoms with van der Waals surface area (Å²) in [7, 11) is 1.37. The van der Waals surface area contributed by atoms with Crippen LogP contribution in [-0.4, -0.2) is 23.6 Å². The first-order valence-corrected chi connectivity index (χ1v) is 4.36.